The molecular formula is C11H11ClO2. The number of aliphatic hydroxyl groups excluding tert-OH is 1. The molecule has 0 heterocycles. The predicted octanol–water partition coefficient (Wildman–Crippen LogP) is 2.41. The average molecular weight is 211 g/mol. The van der Waals surface area contributed by atoms with Gasteiger partial charge < -0.3 is 9.84 Å². The number of terminal acetylenes is 1. The van der Waals surface area contributed by atoms with Crippen molar-refractivity contribution in [3.8, 4) is 18.1 Å². The molecule has 0 spiro atoms. The third-order valence-electron chi connectivity index (χ3n) is 1.88. The van der Waals surface area contributed by atoms with Gasteiger partial charge in [0.25, 0.3) is 0 Å². The van der Waals surface area contributed by atoms with Gasteiger partial charge in [-0.1, -0.05) is 17.7 Å². The number of hydrogen-bond donors (Lipinski definition) is 1. The predicted molar refractivity (Wildman–Crippen MR) is 56.4 cm³/mol. The van der Waals surface area contributed by atoms with Crippen LogP contribution in [0.15, 0.2) is 18.2 Å². The van der Waals surface area contributed by atoms with Crippen LogP contribution in [-0.4, -0.2) is 12.2 Å². The van der Waals surface area contributed by atoms with Crippen LogP contribution in [0.3, 0.4) is 0 Å². The Kier molecular flexibility index (Phi) is 3.82. The Labute approximate surface area is 88.5 Å². The van der Waals surface area contributed by atoms with Crippen molar-refractivity contribution in [1.29, 1.82) is 0 Å². The minimum Gasteiger partial charge on any atom is -0.496 e. The van der Waals surface area contributed by atoms with Gasteiger partial charge >= 0.3 is 0 Å². The van der Waals surface area contributed by atoms with Gasteiger partial charge in [-0.2, -0.15) is 0 Å². The standard InChI is InChI=1S/C11H11ClO2/c1-3-5-9(13)11-8(12)6-4-7-10(11)14-2/h1,4,6-7,9,13H,5H2,2H3. The first-order valence-electron chi connectivity index (χ1n) is 4.14. The van der Waals surface area contributed by atoms with E-state index in [4.69, 9.17) is 22.8 Å². The van der Waals surface area contributed by atoms with Crippen molar-refractivity contribution < 1.29 is 9.84 Å². The molecule has 1 rings (SSSR count). The van der Waals surface area contributed by atoms with Gasteiger partial charge in [-0.15, -0.1) is 12.3 Å². The lowest BCUT2D eigenvalue weighted by Crippen LogP contribution is -2.00. The van der Waals surface area contributed by atoms with Gasteiger partial charge in [0.05, 0.1) is 18.2 Å². The van der Waals surface area contributed by atoms with E-state index in [1.165, 1.54) is 7.11 Å². The van der Waals surface area contributed by atoms with Crippen molar-refractivity contribution in [3.05, 3.63) is 28.8 Å². The zero-order chi connectivity index (χ0) is 10.6. The van der Waals surface area contributed by atoms with Gasteiger partial charge in [0.1, 0.15) is 5.75 Å². The van der Waals surface area contributed by atoms with E-state index in [0.29, 0.717) is 16.3 Å². The second-order valence-electron chi connectivity index (χ2n) is 2.78. The number of halogens is 1. The van der Waals surface area contributed by atoms with Crippen LogP contribution in [0.25, 0.3) is 0 Å². The molecular weight excluding hydrogens is 200 g/mol. The number of methoxy groups -OCH3 is 1. The number of benzene rings is 1. The molecule has 3 heteroatoms. The molecule has 0 radical (unpaired) electrons. The van der Waals surface area contributed by atoms with Crippen molar-refractivity contribution in [3.63, 3.8) is 0 Å². The molecule has 0 saturated carbocycles. The van der Waals surface area contributed by atoms with Gasteiger partial charge in [-0.3, -0.25) is 0 Å². The molecule has 0 amide bonds. The molecule has 0 aliphatic heterocycles. The molecule has 0 fully saturated rings. The fourth-order valence-corrected chi connectivity index (χ4v) is 1.52. The summed E-state index contributed by atoms with van der Waals surface area (Å²) in [4.78, 5) is 0. The van der Waals surface area contributed by atoms with Gasteiger partial charge in [-0.05, 0) is 12.1 Å². The number of ether oxygens (including phenoxy) is 1. The van der Waals surface area contributed by atoms with Crippen LogP contribution in [0, 0.1) is 12.3 Å². The second kappa shape index (κ2) is 4.90. The highest BCUT2D eigenvalue weighted by molar-refractivity contribution is 6.31. The zero-order valence-corrected chi connectivity index (χ0v) is 8.58. The summed E-state index contributed by atoms with van der Waals surface area (Å²) in [6, 6.07) is 5.19. The van der Waals surface area contributed by atoms with E-state index in [1.807, 2.05) is 0 Å². The molecule has 0 bridgehead atoms. The molecule has 1 unspecified atom stereocenters. The fourth-order valence-electron chi connectivity index (χ4n) is 1.23. The SMILES string of the molecule is C#CCC(O)c1c(Cl)cccc1OC. The maximum atomic E-state index is 9.71. The summed E-state index contributed by atoms with van der Waals surface area (Å²) in [5.41, 5.74) is 0.551. The third kappa shape index (κ3) is 2.20. The quantitative estimate of drug-likeness (QED) is 0.777. The van der Waals surface area contributed by atoms with E-state index in [1.54, 1.807) is 18.2 Å². The fraction of sp³-hybridized carbons (Fsp3) is 0.273. The highest BCUT2D eigenvalue weighted by Crippen LogP contribution is 2.33. The largest absolute Gasteiger partial charge is 0.496 e. The molecule has 1 N–H and O–H groups in total. The van der Waals surface area contributed by atoms with E-state index in [-0.39, 0.29) is 6.42 Å². The van der Waals surface area contributed by atoms with Crippen molar-refractivity contribution in [1.82, 2.24) is 0 Å². The van der Waals surface area contributed by atoms with Crippen LogP contribution in [-0.2, 0) is 0 Å². The Morgan fingerprint density at radius 2 is 2.36 bits per heavy atom. The monoisotopic (exact) mass is 210 g/mol. The Bertz CT molecular complexity index is 355. The lowest BCUT2D eigenvalue weighted by Gasteiger charge is -2.13. The Morgan fingerprint density at radius 1 is 1.64 bits per heavy atom. The van der Waals surface area contributed by atoms with Crippen molar-refractivity contribution in [2.75, 3.05) is 7.11 Å². The van der Waals surface area contributed by atoms with Crippen LogP contribution in [0.4, 0.5) is 0 Å². The first kappa shape index (κ1) is 10.9. The number of aliphatic hydroxyl groups is 1. The minimum absolute atomic E-state index is 0.222. The molecule has 0 aliphatic rings. The van der Waals surface area contributed by atoms with Gasteiger partial charge in [0.15, 0.2) is 0 Å². The summed E-state index contributed by atoms with van der Waals surface area (Å²) >= 11 is 5.93. The Balaban J connectivity index is 3.11. The zero-order valence-electron chi connectivity index (χ0n) is 7.83. The summed E-state index contributed by atoms with van der Waals surface area (Å²) in [6.45, 7) is 0. The maximum absolute atomic E-state index is 9.71. The molecule has 0 aromatic heterocycles. The van der Waals surface area contributed by atoms with Crippen LogP contribution in [0.2, 0.25) is 5.02 Å². The molecule has 74 valence electrons. The topological polar surface area (TPSA) is 29.5 Å². The maximum Gasteiger partial charge on any atom is 0.126 e. The summed E-state index contributed by atoms with van der Waals surface area (Å²) in [7, 11) is 1.53. The highest BCUT2D eigenvalue weighted by atomic mass is 35.5. The summed E-state index contributed by atoms with van der Waals surface area (Å²) in [5.74, 6) is 2.94. The van der Waals surface area contributed by atoms with E-state index in [9.17, 15) is 5.11 Å². The van der Waals surface area contributed by atoms with Crippen LogP contribution >= 0.6 is 11.6 Å². The summed E-state index contributed by atoms with van der Waals surface area (Å²) in [5, 5.41) is 10.2. The number of hydrogen-bond acceptors (Lipinski definition) is 2. The smallest absolute Gasteiger partial charge is 0.126 e. The summed E-state index contributed by atoms with van der Waals surface area (Å²) in [6.07, 6.45) is 4.56. The van der Waals surface area contributed by atoms with E-state index in [2.05, 4.69) is 5.92 Å². The highest BCUT2D eigenvalue weighted by Gasteiger charge is 2.15. The Morgan fingerprint density at radius 3 is 2.93 bits per heavy atom. The van der Waals surface area contributed by atoms with Gasteiger partial charge in [-0.25, -0.2) is 0 Å². The summed E-state index contributed by atoms with van der Waals surface area (Å²) < 4.78 is 5.08. The van der Waals surface area contributed by atoms with E-state index >= 15 is 0 Å². The second-order valence-corrected chi connectivity index (χ2v) is 3.19. The first-order chi connectivity index (χ1) is 6.70. The van der Waals surface area contributed by atoms with Crippen LogP contribution < -0.4 is 4.74 Å². The third-order valence-corrected chi connectivity index (χ3v) is 2.21. The molecule has 0 saturated heterocycles. The average Bonchev–Trinajstić information content (AvgIpc) is 2.17. The Hall–Kier alpha value is -1.17. The van der Waals surface area contributed by atoms with Crippen molar-refractivity contribution >= 4 is 11.6 Å². The first-order valence-corrected chi connectivity index (χ1v) is 4.52. The molecule has 1 aromatic carbocycles. The van der Waals surface area contributed by atoms with Gasteiger partial charge in [0, 0.05) is 12.0 Å². The number of rotatable bonds is 3. The van der Waals surface area contributed by atoms with Gasteiger partial charge in [0.2, 0.25) is 0 Å². The molecule has 1 aromatic rings. The lowest BCUT2D eigenvalue weighted by atomic mass is 10.1. The normalized spacial score (nSPS) is 11.9. The van der Waals surface area contributed by atoms with E-state index in [0.717, 1.165) is 0 Å². The molecule has 1 atom stereocenters. The molecule has 0 aliphatic carbocycles. The van der Waals surface area contributed by atoms with Crippen molar-refractivity contribution in [2.45, 2.75) is 12.5 Å². The molecule has 14 heavy (non-hydrogen) atoms. The lowest BCUT2D eigenvalue weighted by molar-refractivity contribution is 0.179. The van der Waals surface area contributed by atoms with E-state index < -0.39 is 6.10 Å². The van der Waals surface area contributed by atoms with Crippen molar-refractivity contribution in [2.24, 2.45) is 0 Å². The minimum atomic E-state index is -0.774. The van der Waals surface area contributed by atoms with Crippen LogP contribution in [0.1, 0.15) is 18.1 Å². The van der Waals surface area contributed by atoms with Crippen LogP contribution in [0.5, 0.6) is 5.75 Å². The molecule has 2 nitrogen and oxygen atoms in total.